The number of amides is 2. The number of carbonyl (C=O) groups excluding carboxylic acids is 2. The zero-order valence-electron chi connectivity index (χ0n) is 19.3. The number of ether oxygens (including phenoxy) is 2. The fraction of sp³-hybridized carbons (Fsp3) is 0.462. The maximum absolute atomic E-state index is 14.1. The van der Waals surface area contributed by atoms with E-state index in [4.69, 9.17) is 9.47 Å². The molecule has 0 radical (unpaired) electrons. The zero-order valence-corrected chi connectivity index (χ0v) is 19.3. The lowest BCUT2D eigenvalue weighted by Gasteiger charge is -2.35. The molecule has 0 aromatic heterocycles. The monoisotopic (exact) mass is 472 g/mol. The Morgan fingerprint density at radius 2 is 1.91 bits per heavy atom. The van der Waals surface area contributed by atoms with Crippen LogP contribution < -0.4 is 4.74 Å². The third-order valence-corrected chi connectivity index (χ3v) is 6.56. The molecule has 0 saturated carbocycles. The van der Waals surface area contributed by atoms with E-state index in [-0.39, 0.29) is 23.5 Å². The van der Waals surface area contributed by atoms with Crippen molar-refractivity contribution in [1.82, 2.24) is 9.80 Å². The molecule has 2 saturated heterocycles. The van der Waals surface area contributed by atoms with E-state index in [0.717, 1.165) is 30.2 Å². The molecule has 1 atom stereocenters. The molecule has 4 rings (SSSR count). The summed E-state index contributed by atoms with van der Waals surface area (Å²) in [7, 11) is 1.61. The summed E-state index contributed by atoms with van der Waals surface area (Å²) in [5.74, 6) is -1.52. The molecule has 2 heterocycles. The Balaban J connectivity index is 1.41. The molecule has 0 N–H and O–H groups in total. The SMILES string of the molecule is COc1cccc(CN(CC2CCCO2)C(=O)C2CCN(C(=O)c3ccc(F)cc3F)CC2)c1. The lowest BCUT2D eigenvalue weighted by atomic mass is 9.94. The summed E-state index contributed by atoms with van der Waals surface area (Å²) in [5.41, 5.74) is 0.828. The van der Waals surface area contributed by atoms with Crippen molar-refractivity contribution in [1.29, 1.82) is 0 Å². The molecule has 2 amide bonds. The Kier molecular flexibility index (Phi) is 7.77. The highest BCUT2D eigenvalue weighted by Gasteiger charge is 2.33. The van der Waals surface area contributed by atoms with Gasteiger partial charge >= 0.3 is 0 Å². The summed E-state index contributed by atoms with van der Waals surface area (Å²) in [6.07, 6.45) is 2.93. The van der Waals surface area contributed by atoms with Gasteiger partial charge in [-0.1, -0.05) is 12.1 Å². The summed E-state index contributed by atoms with van der Waals surface area (Å²) in [4.78, 5) is 29.6. The first-order chi connectivity index (χ1) is 16.4. The highest BCUT2D eigenvalue weighted by molar-refractivity contribution is 5.94. The van der Waals surface area contributed by atoms with Crippen LogP contribution in [0.3, 0.4) is 0 Å². The van der Waals surface area contributed by atoms with Crippen LogP contribution in [0, 0.1) is 17.6 Å². The van der Waals surface area contributed by atoms with Crippen molar-refractivity contribution in [2.45, 2.75) is 38.3 Å². The molecule has 0 bridgehead atoms. The lowest BCUT2D eigenvalue weighted by molar-refractivity contribution is -0.139. The number of piperidine rings is 1. The van der Waals surface area contributed by atoms with E-state index >= 15 is 0 Å². The quantitative estimate of drug-likeness (QED) is 0.611. The molecule has 2 aliphatic rings. The number of likely N-dealkylation sites (tertiary alicyclic amines) is 1. The van der Waals surface area contributed by atoms with Gasteiger partial charge in [0.15, 0.2) is 0 Å². The van der Waals surface area contributed by atoms with Crippen LogP contribution in [-0.2, 0) is 16.1 Å². The molecule has 34 heavy (non-hydrogen) atoms. The van der Waals surface area contributed by atoms with E-state index in [1.807, 2.05) is 29.2 Å². The summed E-state index contributed by atoms with van der Waals surface area (Å²) < 4.78 is 38.3. The second-order valence-corrected chi connectivity index (χ2v) is 8.90. The van der Waals surface area contributed by atoms with Crippen LogP contribution in [0.25, 0.3) is 0 Å². The Hall–Kier alpha value is -3.00. The van der Waals surface area contributed by atoms with Crippen LogP contribution in [0.15, 0.2) is 42.5 Å². The van der Waals surface area contributed by atoms with Crippen molar-refractivity contribution in [3.8, 4) is 5.75 Å². The van der Waals surface area contributed by atoms with E-state index in [1.165, 1.54) is 11.0 Å². The number of hydrogen-bond donors (Lipinski definition) is 0. The Bertz CT molecular complexity index is 1020. The molecule has 0 spiro atoms. The van der Waals surface area contributed by atoms with Gasteiger partial charge in [-0.3, -0.25) is 9.59 Å². The lowest BCUT2D eigenvalue weighted by Crippen LogP contribution is -2.46. The fourth-order valence-corrected chi connectivity index (χ4v) is 4.68. The van der Waals surface area contributed by atoms with Crippen LogP contribution in [0.4, 0.5) is 8.78 Å². The van der Waals surface area contributed by atoms with Crippen molar-refractivity contribution in [2.75, 3.05) is 33.4 Å². The number of benzene rings is 2. The largest absolute Gasteiger partial charge is 0.497 e. The van der Waals surface area contributed by atoms with Gasteiger partial charge in [0.25, 0.3) is 5.91 Å². The first kappa shape index (κ1) is 24.1. The highest BCUT2D eigenvalue weighted by atomic mass is 19.1. The van der Waals surface area contributed by atoms with E-state index in [2.05, 4.69) is 0 Å². The van der Waals surface area contributed by atoms with Gasteiger partial charge < -0.3 is 19.3 Å². The average molecular weight is 473 g/mol. The standard InChI is InChI=1S/C26H30F2N2O4/c1-33-21-5-2-4-18(14-21)16-30(17-22-6-3-13-34-22)25(31)19-9-11-29(12-10-19)26(32)23-8-7-20(27)15-24(23)28/h2,4-5,7-8,14-15,19,22H,3,6,9-13,16-17H2,1H3. The minimum Gasteiger partial charge on any atom is -0.497 e. The molecule has 6 nitrogen and oxygen atoms in total. The fourth-order valence-electron chi connectivity index (χ4n) is 4.68. The van der Waals surface area contributed by atoms with Crippen LogP contribution in [0.2, 0.25) is 0 Å². The maximum atomic E-state index is 14.1. The van der Waals surface area contributed by atoms with Gasteiger partial charge in [0.1, 0.15) is 17.4 Å². The van der Waals surface area contributed by atoms with Crippen molar-refractivity contribution in [2.24, 2.45) is 5.92 Å². The van der Waals surface area contributed by atoms with Crippen LogP contribution >= 0.6 is 0 Å². The summed E-state index contributed by atoms with van der Waals surface area (Å²) >= 11 is 0. The summed E-state index contributed by atoms with van der Waals surface area (Å²) in [5, 5.41) is 0. The minimum atomic E-state index is -0.871. The van der Waals surface area contributed by atoms with Crippen molar-refractivity contribution >= 4 is 11.8 Å². The van der Waals surface area contributed by atoms with Crippen molar-refractivity contribution in [3.63, 3.8) is 0 Å². The van der Waals surface area contributed by atoms with Gasteiger partial charge in [-0.15, -0.1) is 0 Å². The highest BCUT2D eigenvalue weighted by Crippen LogP contribution is 2.25. The first-order valence-electron chi connectivity index (χ1n) is 11.7. The second kappa shape index (κ2) is 11.0. The smallest absolute Gasteiger partial charge is 0.256 e. The molecule has 2 fully saturated rings. The predicted molar refractivity (Wildman–Crippen MR) is 122 cm³/mol. The number of methoxy groups -OCH3 is 1. The molecule has 2 aromatic carbocycles. The van der Waals surface area contributed by atoms with Gasteiger partial charge in [0.2, 0.25) is 5.91 Å². The van der Waals surface area contributed by atoms with Gasteiger partial charge in [-0.25, -0.2) is 8.78 Å². The molecule has 1 unspecified atom stereocenters. The van der Waals surface area contributed by atoms with E-state index < -0.39 is 17.5 Å². The molecule has 2 aromatic rings. The Morgan fingerprint density at radius 3 is 2.59 bits per heavy atom. The molecular formula is C26H30F2N2O4. The third-order valence-electron chi connectivity index (χ3n) is 6.56. The van der Waals surface area contributed by atoms with Gasteiger partial charge in [0, 0.05) is 44.8 Å². The minimum absolute atomic E-state index is 0.0256. The Morgan fingerprint density at radius 1 is 1.12 bits per heavy atom. The van der Waals surface area contributed by atoms with E-state index in [1.54, 1.807) is 7.11 Å². The molecule has 2 aliphatic heterocycles. The number of halogens is 2. The zero-order chi connectivity index (χ0) is 24.1. The third kappa shape index (κ3) is 5.73. The van der Waals surface area contributed by atoms with Crippen molar-refractivity contribution in [3.05, 3.63) is 65.2 Å². The van der Waals surface area contributed by atoms with Crippen molar-refractivity contribution < 1.29 is 27.8 Å². The summed E-state index contributed by atoms with van der Waals surface area (Å²) in [6, 6.07) is 10.6. The number of rotatable bonds is 7. The number of nitrogens with zero attached hydrogens (tertiary/aromatic N) is 2. The second-order valence-electron chi connectivity index (χ2n) is 8.90. The van der Waals surface area contributed by atoms with Gasteiger partial charge in [-0.2, -0.15) is 0 Å². The molecular weight excluding hydrogens is 442 g/mol. The number of hydrogen-bond acceptors (Lipinski definition) is 4. The predicted octanol–water partition coefficient (Wildman–Crippen LogP) is 4.03. The van der Waals surface area contributed by atoms with E-state index in [9.17, 15) is 18.4 Å². The molecule has 182 valence electrons. The Labute approximate surface area is 198 Å². The van der Waals surface area contributed by atoms with Gasteiger partial charge in [-0.05, 0) is 55.5 Å². The molecule has 0 aliphatic carbocycles. The van der Waals surface area contributed by atoms with Crippen LogP contribution in [-0.4, -0.2) is 61.1 Å². The van der Waals surface area contributed by atoms with Crippen LogP contribution in [0.1, 0.15) is 41.6 Å². The first-order valence-corrected chi connectivity index (χ1v) is 11.7. The molecule has 8 heteroatoms. The maximum Gasteiger partial charge on any atom is 0.256 e. The number of carbonyl (C=O) groups is 2. The van der Waals surface area contributed by atoms with Crippen LogP contribution in [0.5, 0.6) is 5.75 Å². The normalized spacial score (nSPS) is 18.7. The topological polar surface area (TPSA) is 59.1 Å². The summed E-state index contributed by atoms with van der Waals surface area (Å²) in [6.45, 7) is 2.38. The average Bonchev–Trinajstić information content (AvgIpc) is 3.36. The van der Waals surface area contributed by atoms with Gasteiger partial charge in [0.05, 0.1) is 18.8 Å². The van der Waals surface area contributed by atoms with E-state index in [0.29, 0.717) is 51.7 Å².